The Morgan fingerprint density at radius 1 is 1.57 bits per heavy atom. The summed E-state index contributed by atoms with van der Waals surface area (Å²) < 4.78 is 4.90. The summed E-state index contributed by atoms with van der Waals surface area (Å²) in [5, 5.41) is 10.8. The molecule has 0 spiro atoms. The van der Waals surface area contributed by atoms with E-state index in [9.17, 15) is 9.59 Å². The van der Waals surface area contributed by atoms with E-state index in [0.717, 1.165) is 0 Å². The first-order valence-corrected chi connectivity index (χ1v) is 4.10. The van der Waals surface area contributed by atoms with Crippen molar-refractivity contribution in [3.05, 3.63) is 23.7 Å². The van der Waals surface area contributed by atoms with Gasteiger partial charge in [0.1, 0.15) is 6.04 Å². The van der Waals surface area contributed by atoms with E-state index in [-0.39, 0.29) is 5.76 Å². The summed E-state index contributed by atoms with van der Waals surface area (Å²) in [7, 11) is 0. The third kappa shape index (κ3) is 2.12. The zero-order valence-corrected chi connectivity index (χ0v) is 7.90. The van der Waals surface area contributed by atoms with Gasteiger partial charge in [0.05, 0.1) is 6.26 Å². The lowest BCUT2D eigenvalue weighted by Crippen LogP contribution is -2.38. The van der Waals surface area contributed by atoms with Gasteiger partial charge in [0.2, 0.25) is 0 Å². The number of amides is 1. The van der Waals surface area contributed by atoms with E-state index in [2.05, 4.69) is 5.32 Å². The maximum atomic E-state index is 11.4. The van der Waals surface area contributed by atoms with Crippen molar-refractivity contribution >= 4 is 11.9 Å². The highest BCUT2D eigenvalue weighted by molar-refractivity contribution is 5.95. The molecule has 0 saturated heterocycles. The van der Waals surface area contributed by atoms with Gasteiger partial charge in [-0.1, -0.05) is 0 Å². The van der Waals surface area contributed by atoms with E-state index in [0.29, 0.717) is 5.56 Å². The maximum Gasteiger partial charge on any atom is 0.325 e. The van der Waals surface area contributed by atoms with Crippen LogP contribution in [0.1, 0.15) is 23.0 Å². The van der Waals surface area contributed by atoms with Gasteiger partial charge >= 0.3 is 5.97 Å². The van der Waals surface area contributed by atoms with Gasteiger partial charge in [0.15, 0.2) is 5.76 Å². The molecule has 0 saturated carbocycles. The third-order valence-corrected chi connectivity index (χ3v) is 1.79. The average Bonchev–Trinajstić information content (AvgIpc) is 2.51. The monoisotopic (exact) mass is 197 g/mol. The molecule has 0 aliphatic rings. The molecule has 0 radical (unpaired) electrons. The number of carboxylic acid groups (broad SMARTS) is 1. The molecule has 14 heavy (non-hydrogen) atoms. The molecule has 1 unspecified atom stereocenters. The van der Waals surface area contributed by atoms with Crippen LogP contribution in [-0.2, 0) is 4.79 Å². The van der Waals surface area contributed by atoms with Crippen LogP contribution in [0.4, 0.5) is 0 Å². The molecule has 1 amide bonds. The second-order valence-electron chi connectivity index (χ2n) is 2.97. The number of nitrogens with one attached hydrogen (secondary N) is 1. The summed E-state index contributed by atoms with van der Waals surface area (Å²) in [6.07, 6.45) is 1.38. The third-order valence-electron chi connectivity index (χ3n) is 1.79. The fourth-order valence-corrected chi connectivity index (χ4v) is 0.929. The Morgan fingerprint density at radius 2 is 2.21 bits per heavy atom. The number of hydrogen-bond donors (Lipinski definition) is 2. The van der Waals surface area contributed by atoms with Gasteiger partial charge in [0, 0.05) is 5.56 Å². The van der Waals surface area contributed by atoms with Crippen LogP contribution in [0.2, 0.25) is 0 Å². The van der Waals surface area contributed by atoms with Crippen LogP contribution in [0.15, 0.2) is 16.7 Å². The van der Waals surface area contributed by atoms with E-state index in [1.165, 1.54) is 13.2 Å². The summed E-state index contributed by atoms with van der Waals surface area (Å²) in [4.78, 5) is 21.8. The number of aliphatic carboxylic acids is 1. The summed E-state index contributed by atoms with van der Waals surface area (Å²) >= 11 is 0. The highest BCUT2D eigenvalue weighted by Gasteiger charge is 2.18. The molecule has 1 aromatic heterocycles. The second-order valence-corrected chi connectivity index (χ2v) is 2.97. The van der Waals surface area contributed by atoms with E-state index in [1.807, 2.05) is 0 Å². The molecule has 0 aromatic carbocycles. The van der Waals surface area contributed by atoms with Crippen LogP contribution >= 0.6 is 0 Å². The number of aryl methyl sites for hydroxylation is 1. The van der Waals surface area contributed by atoms with Crippen LogP contribution in [0, 0.1) is 6.92 Å². The van der Waals surface area contributed by atoms with E-state index >= 15 is 0 Å². The van der Waals surface area contributed by atoms with Crippen LogP contribution in [0.25, 0.3) is 0 Å². The van der Waals surface area contributed by atoms with Crippen molar-refractivity contribution in [2.45, 2.75) is 19.9 Å². The van der Waals surface area contributed by atoms with Crippen LogP contribution in [0.5, 0.6) is 0 Å². The van der Waals surface area contributed by atoms with Gasteiger partial charge in [-0.05, 0) is 19.9 Å². The standard InChI is InChI=1S/C9H11NO4/c1-5-3-4-14-7(5)8(11)10-6(2)9(12)13/h3-4,6H,1-2H3,(H,10,11)(H,12,13). The smallest absolute Gasteiger partial charge is 0.325 e. The van der Waals surface area contributed by atoms with Crippen LogP contribution in [-0.4, -0.2) is 23.0 Å². The predicted molar refractivity (Wildman–Crippen MR) is 48.0 cm³/mol. The van der Waals surface area contributed by atoms with Crippen LogP contribution in [0.3, 0.4) is 0 Å². The topological polar surface area (TPSA) is 79.5 Å². The minimum atomic E-state index is -1.08. The lowest BCUT2D eigenvalue weighted by molar-refractivity contribution is -0.138. The quantitative estimate of drug-likeness (QED) is 0.750. The van der Waals surface area contributed by atoms with Gasteiger partial charge in [-0.25, -0.2) is 0 Å². The summed E-state index contributed by atoms with van der Waals surface area (Å²) in [6, 6.07) is 0.715. The molecule has 1 atom stereocenters. The van der Waals surface area contributed by atoms with E-state index in [1.54, 1.807) is 13.0 Å². The molecule has 0 bridgehead atoms. The number of carbonyl (C=O) groups is 2. The second kappa shape index (κ2) is 3.95. The molecule has 1 aromatic rings. The first kappa shape index (κ1) is 10.3. The van der Waals surface area contributed by atoms with Crippen molar-refractivity contribution in [2.24, 2.45) is 0 Å². The van der Waals surface area contributed by atoms with Crippen molar-refractivity contribution in [1.82, 2.24) is 5.32 Å². The van der Waals surface area contributed by atoms with Crippen molar-refractivity contribution < 1.29 is 19.1 Å². The van der Waals surface area contributed by atoms with Crippen molar-refractivity contribution in [1.29, 1.82) is 0 Å². The molecule has 76 valence electrons. The van der Waals surface area contributed by atoms with Gasteiger partial charge < -0.3 is 14.8 Å². The van der Waals surface area contributed by atoms with E-state index < -0.39 is 17.9 Å². The largest absolute Gasteiger partial charge is 0.480 e. The Labute approximate surface area is 80.7 Å². The number of rotatable bonds is 3. The highest BCUT2D eigenvalue weighted by atomic mass is 16.4. The number of carbonyl (C=O) groups excluding carboxylic acids is 1. The average molecular weight is 197 g/mol. The Kier molecular flexibility index (Phi) is 2.91. The summed E-state index contributed by atoms with van der Waals surface area (Å²) in [5.74, 6) is -1.44. The maximum absolute atomic E-state index is 11.4. The Hall–Kier alpha value is -1.78. The molecule has 2 N–H and O–H groups in total. The molecular formula is C9H11NO4. The molecule has 0 fully saturated rings. The van der Waals surface area contributed by atoms with Crippen molar-refractivity contribution in [3.8, 4) is 0 Å². The molecule has 1 rings (SSSR count). The highest BCUT2D eigenvalue weighted by Crippen LogP contribution is 2.08. The zero-order valence-electron chi connectivity index (χ0n) is 7.90. The summed E-state index contributed by atoms with van der Waals surface area (Å²) in [5.41, 5.74) is 0.681. The van der Waals surface area contributed by atoms with Gasteiger partial charge in [-0.3, -0.25) is 9.59 Å². The first-order chi connectivity index (χ1) is 6.52. The van der Waals surface area contributed by atoms with Crippen molar-refractivity contribution in [3.63, 3.8) is 0 Å². The van der Waals surface area contributed by atoms with Crippen LogP contribution < -0.4 is 5.32 Å². The number of carboxylic acids is 1. The lowest BCUT2D eigenvalue weighted by Gasteiger charge is -2.07. The fourth-order valence-electron chi connectivity index (χ4n) is 0.929. The fraction of sp³-hybridized carbons (Fsp3) is 0.333. The first-order valence-electron chi connectivity index (χ1n) is 4.10. The Morgan fingerprint density at radius 3 is 2.64 bits per heavy atom. The van der Waals surface area contributed by atoms with Gasteiger partial charge in [0.25, 0.3) is 5.91 Å². The minimum Gasteiger partial charge on any atom is -0.480 e. The predicted octanol–water partition coefficient (Wildman–Crippen LogP) is 0.791. The Balaban J connectivity index is 2.69. The number of furan rings is 1. The van der Waals surface area contributed by atoms with Gasteiger partial charge in [-0.2, -0.15) is 0 Å². The Bertz CT molecular complexity index is 355. The molecule has 0 aliphatic carbocycles. The molecule has 5 nitrogen and oxygen atoms in total. The summed E-state index contributed by atoms with van der Waals surface area (Å²) in [6.45, 7) is 3.10. The molecule has 5 heteroatoms. The molecule has 1 heterocycles. The lowest BCUT2D eigenvalue weighted by atomic mass is 10.2. The zero-order chi connectivity index (χ0) is 10.7. The van der Waals surface area contributed by atoms with Gasteiger partial charge in [-0.15, -0.1) is 0 Å². The minimum absolute atomic E-state index is 0.151. The number of hydrogen-bond acceptors (Lipinski definition) is 3. The molecular weight excluding hydrogens is 186 g/mol. The normalized spacial score (nSPS) is 12.1. The van der Waals surface area contributed by atoms with E-state index in [4.69, 9.17) is 9.52 Å². The van der Waals surface area contributed by atoms with Crippen molar-refractivity contribution in [2.75, 3.05) is 0 Å². The SMILES string of the molecule is Cc1ccoc1C(=O)NC(C)C(=O)O. The molecule has 0 aliphatic heterocycles.